The van der Waals surface area contributed by atoms with Gasteiger partial charge >= 0.3 is 0 Å². The molecule has 4 aliphatic rings. The lowest BCUT2D eigenvalue weighted by Gasteiger charge is -2.56. The van der Waals surface area contributed by atoms with Crippen LogP contribution >= 0.6 is 0 Å². The van der Waals surface area contributed by atoms with Crippen molar-refractivity contribution in [3.63, 3.8) is 0 Å². The van der Waals surface area contributed by atoms with Gasteiger partial charge in [-0.15, -0.1) is 0 Å². The molecular weight excluding hydrogens is 294 g/mol. The van der Waals surface area contributed by atoms with Crippen LogP contribution in [0.2, 0.25) is 0 Å². The Labute approximate surface area is 145 Å². The number of benzene rings is 1. The fourth-order valence-electron chi connectivity index (χ4n) is 4.49. The summed E-state index contributed by atoms with van der Waals surface area (Å²) < 4.78 is 0. The third-order valence-corrected chi connectivity index (χ3v) is 6.15. The molecule has 3 heteroatoms. The fraction of sp³-hybridized carbons (Fsp3) is 0.524. The summed E-state index contributed by atoms with van der Waals surface area (Å²) in [5, 5.41) is 3.60. The maximum atomic E-state index is 6.06. The van der Waals surface area contributed by atoms with Gasteiger partial charge in [0.1, 0.15) is 0 Å². The number of piperidine rings is 1. The van der Waals surface area contributed by atoms with E-state index in [1.807, 2.05) is 18.2 Å². The van der Waals surface area contributed by atoms with Crippen LogP contribution in [0.5, 0.6) is 0 Å². The van der Waals surface area contributed by atoms with Gasteiger partial charge < -0.3 is 16.0 Å². The van der Waals surface area contributed by atoms with Crippen molar-refractivity contribution in [1.82, 2.24) is 4.90 Å². The van der Waals surface area contributed by atoms with Gasteiger partial charge in [-0.2, -0.15) is 0 Å². The first-order valence-electron chi connectivity index (χ1n) is 9.40. The van der Waals surface area contributed by atoms with Crippen LogP contribution in [0.4, 0.5) is 11.4 Å². The van der Waals surface area contributed by atoms with E-state index in [9.17, 15) is 0 Å². The second-order valence-electron chi connectivity index (χ2n) is 7.80. The standard InChI is InChI=1S/C21H29N3/c1-14(23-21-9-4-3-8-20(21)22)11-16-7-5-6-10-24(16)13-19-17-12-18(19)15(17)2/h3-4,8-9,13-14,16-18,23H,2,5-7,10-12,22H2,1H3/t14-,16-,17?,18?/m0/s1. The number of nitrogens with zero attached hydrogens (tertiary/aromatic N) is 1. The van der Waals surface area contributed by atoms with Crippen LogP contribution in [0, 0.1) is 11.8 Å². The molecule has 3 nitrogen and oxygen atoms in total. The van der Waals surface area contributed by atoms with Gasteiger partial charge in [-0.1, -0.05) is 24.3 Å². The number of hydrogen-bond donors (Lipinski definition) is 2. The number of allylic oxidation sites excluding steroid dienone is 2. The Hall–Kier alpha value is -1.90. The summed E-state index contributed by atoms with van der Waals surface area (Å²) in [5.41, 5.74) is 11.1. The molecule has 128 valence electrons. The van der Waals surface area contributed by atoms with E-state index in [4.69, 9.17) is 5.73 Å². The van der Waals surface area contributed by atoms with E-state index >= 15 is 0 Å². The quantitative estimate of drug-likeness (QED) is 0.623. The summed E-state index contributed by atoms with van der Waals surface area (Å²) in [5.74, 6) is 1.44. The summed E-state index contributed by atoms with van der Waals surface area (Å²) in [6, 6.07) is 9.12. The Kier molecular flexibility index (Phi) is 4.03. The second kappa shape index (κ2) is 6.19. The van der Waals surface area contributed by atoms with E-state index in [2.05, 4.69) is 36.0 Å². The van der Waals surface area contributed by atoms with Crippen LogP contribution in [0.3, 0.4) is 0 Å². The van der Waals surface area contributed by atoms with Crippen LogP contribution in [0.25, 0.3) is 0 Å². The van der Waals surface area contributed by atoms with Gasteiger partial charge in [0.15, 0.2) is 0 Å². The zero-order valence-corrected chi connectivity index (χ0v) is 14.7. The molecule has 1 aromatic rings. The molecule has 2 unspecified atom stereocenters. The van der Waals surface area contributed by atoms with E-state index in [0.717, 1.165) is 29.6 Å². The zero-order valence-electron chi connectivity index (χ0n) is 14.7. The van der Waals surface area contributed by atoms with E-state index in [0.29, 0.717) is 12.1 Å². The van der Waals surface area contributed by atoms with Crippen molar-refractivity contribution in [1.29, 1.82) is 0 Å². The smallest absolute Gasteiger partial charge is 0.0575 e. The maximum absolute atomic E-state index is 6.06. The topological polar surface area (TPSA) is 41.3 Å². The highest BCUT2D eigenvalue weighted by Crippen LogP contribution is 2.61. The third kappa shape index (κ3) is 2.70. The van der Waals surface area contributed by atoms with Crippen molar-refractivity contribution in [3.05, 3.63) is 48.2 Å². The van der Waals surface area contributed by atoms with Crippen LogP contribution in [-0.2, 0) is 0 Å². The average molecular weight is 323 g/mol. The Morgan fingerprint density at radius 1 is 1.33 bits per heavy atom. The molecule has 1 saturated heterocycles. The first kappa shape index (κ1) is 15.6. The molecule has 2 bridgehead atoms. The molecule has 3 saturated carbocycles. The number of anilines is 2. The minimum atomic E-state index is 0.421. The van der Waals surface area contributed by atoms with Gasteiger partial charge in [-0.05, 0) is 62.9 Å². The number of nitrogens with two attached hydrogens (primary N) is 1. The van der Waals surface area contributed by atoms with E-state index in [1.165, 1.54) is 37.8 Å². The molecule has 1 heterocycles. The molecule has 24 heavy (non-hydrogen) atoms. The van der Waals surface area contributed by atoms with Gasteiger partial charge in [-0.3, -0.25) is 0 Å². The van der Waals surface area contributed by atoms with Gasteiger partial charge in [0.2, 0.25) is 0 Å². The number of rotatable bonds is 5. The lowest BCUT2D eigenvalue weighted by molar-refractivity contribution is 0.177. The van der Waals surface area contributed by atoms with Crippen LogP contribution in [-0.4, -0.2) is 23.5 Å². The summed E-state index contributed by atoms with van der Waals surface area (Å²) in [6.07, 6.45) is 8.98. The number of para-hydroxylation sites is 2. The monoisotopic (exact) mass is 323 g/mol. The first-order chi connectivity index (χ1) is 11.6. The van der Waals surface area contributed by atoms with Gasteiger partial charge in [-0.25, -0.2) is 0 Å². The highest BCUT2D eigenvalue weighted by molar-refractivity contribution is 5.65. The van der Waals surface area contributed by atoms with Crippen molar-refractivity contribution in [2.24, 2.45) is 11.8 Å². The van der Waals surface area contributed by atoms with Crippen molar-refractivity contribution >= 4 is 11.4 Å². The maximum Gasteiger partial charge on any atom is 0.0575 e. The molecule has 3 N–H and O–H groups in total. The summed E-state index contributed by atoms with van der Waals surface area (Å²) >= 11 is 0. The molecule has 0 amide bonds. The predicted octanol–water partition coefficient (Wildman–Crippen LogP) is 4.40. The molecule has 1 aromatic carbocycles. The van der Waals surface area contributed by atoms with E-state index in [-0.39, 0.29) is 0 Å². The highest BCUT2D eigenvalue weighted by atomic mass is 15.2. The predicted molar refractivity (Wildman–Crippen MR) is 102 cm³/mol. The summed E-state index contributed by atoms with van der Waals surface area (Å²) in [6.45, 7) is 7.66. The lowest BCUT2D eigenvalue weighted by Crippen LogP contribution is -2.47. The molecule has 5 rings (SSSR count). The number of nitrogens with one attached hydrogen (secondary N) is 1. The van der Waals surface area contributed by atoms with Crippen molar-refractivity contribution < 1.29 is 0 Å². The fourth-order valence-corrected chi connectivity index (χ4v) is 4.49. The second-order valence-corrected chi connectivity index (χ2v) is 7.80. The van der Waals surface area contributed by atoms with Gasteiger partial charge in [0, 0.05) is 30.5 Å². The van der Waals surface area contributed by atoms with Gasteiger partial charge in [0.25, 0.3) is 0 Å². The molecule has 1 aliphatic heterocycles. The molecule has 3 aliphatic carbocycles. The molecule has 0 spiro atoms. The summed E-state index contributed by atoms with van der Waals surface area (Å²) in [4.78, 5) is 2.62. The summed E-state index contributed by atoms with van der Waals surface area (Å²) in [7, 11) is 0. The SMILES string of the molecule is C=C1C2CC1C2=CN1CCCC[C@H]1C[C@H](C)Nc1ccccc1N. The molecule has 4 fully saturated rings. The van der Waals surface area contributed by atoms with Crippen LogP contribution in [0.1, 0.15) is 39.0 Å². The van der Waals surface area contributed by atoms with E-state index < -0.39 is 0 Å². The third-order valence-electron chi connectivity index (χ3n) is 6.15. The van der Waals surface area contributed by atoms with Crippen LogP contribution < -0.4 is 11.1 Å². The number of nitrogen functional groups attached to an aromatic ring is 1. The normalized spacial score (nSPS) is 29.5. The van der Waals surface area contributed by atoms with Crippen LogP contribution in [0.15, 0.2) is 48.2 Å². The Morgan fingerprint density at radius 2 is 2.12 bits per heavy atom. The highest BCUT2D eigenvalue weighted by Gasteiger charge is 2.51. The number of hydrogen-bond acceptors (Lipinski definition) is 3. The van der Waals surface area contributed by atoms with Crippen molar-refractivity contribution in [2.75, 3.05) is 17.6 Å². The Morgan fingerprint density at radius 3 is 2.83 bits per heavy atom. The molecule has 0 aromatic heterocycles. The number of likely N-dealkylation sites (tertiary alicyclic amines) is 1. The molecule has 4 atom stereocenters. The first-order valence-corrected chi connectivity index (χ1v) is 9.40. The molecular formula is C21H29N3. The minimum Gasteiger partial charge on any atom is -0.397 e. The molecule has 0 radical (unpaired) electrons. The average Bonchev–Trinajstić information content (AvgIpc) is 2.54. The van der Waals surface area contributed by atoms with E-state index in [1.54, 1.807) is 5.57 Å². The lowest BCUT2D eigenvalue weighted by atomic mass is 9.49. The van der Waals surface area contributed by atoms with Crippen molar-refractivity contribution in [3.8, 4) is 0 Å². The minimum absolute atomic E-state index is 0.421. The largest absolute Gasteiger partial charge is 0.397 e. The van der Waals surface area contributed by atoms with Gasteiger partial charge in [0.05, 0.1) is 11.4 Å². The Bertz CT molecular complexity index is 649. The van der Waals surface area contributed by atoms with Crippen molar-refractivity contribution in [2.45, 2.75) is 51.1 Å². The Balaban J connectivity index is 1.38. The zero-order chi connectivity index (χ0) is 16.7.